The van der Waals surface area contributed by atoms with Gasteiger partial charge in [-0.3, -0.25) is 9.69 Å². The summed E-state index contributed by atoms with van der Waals surface area (Å²) in [6, 6.07) is 0.390. The zero-order valence-corrected chi connectivity index (χ0v) is 19.3. The third kappa shape index (κ3) is 7.75. The number of carbonyl (C=O) groups excluding carboxylic acids is 1. The van der Waals surface area contributed by atoms with Gasteiger partial charge < -0.3 is 15.5 Å². The molecular weight excluding hydrogens is 463 g/mol. The predicted molar refractivity (Wildman–Crippen MR) is 118 cm³/mol. The number of carbonyl (C=O) groups is 1. The molecule has 1 amide bonds. The number of hydrogen-bond acceptors (Lipinski definition) is 5. The van der Waals surface area contributed by atoms with Crippen molar-refractivity contribution in [3.05, 3.63) is 16.1 Å². The first kappa shape index (κ1) is 23.1. The Bertz CT molecular complexity index is 584. The second kappa shape index (κ2) is 11.7. The SMILES string of the molecule is CCNC(=NCc1ncc(C)s1)NC1CCN(CC(=O)N(C)C)CC1.I. The molecule has 0 radical (unpaired) electrons. The molecule has 26 heavy (non-hydrogen) atoms. The van der Waals surface area contributed by atoms with Crippen molar-refractivity contribution in [1.29, 1.82) is 0 Å². The third-order valence-corrected chi connectivity index (χ3v) is 5.07. The van der Waals surface area contributed by atoms with E-state index in [1.54, 1.807) is 30.3 Å². The highest BCUT2D eigenvalue weighted by Crippen LogP contribution is 2.13. The number of aliphatic imine (C=N–C) groups is 1. The van der Waals surface area contributed by atoms with Crippen LogP contribution in [0.4, 0.5) is 0 Å². The monoisotopic (exact) mass is 494 g/mol. The van der Waals surface area contributed by atoms with Gasteiger partial charge in [0, 0.05) is 50.8 Å². The minimum absolute atomic E-state index is 0. The molecule has 0 saturated carbocycles. The number of nitrogens with zero attached hydrogens (tertiary/aromatic N) is 4. The number of aromatic nitrogens is 1. The Labute approximate surface area is 177 Å². The highest BCUT2D eigenvalue weighted by atomic mass is 127. The lowest BCUT2D eigenvalue weighted by atomic mass is 10.1. The minimum Gasteiger partial charge on any atom is -0.357 e. The summed E-state index contributed by atoms with van der Waals surface area (Å²) in [5.41, 5.74) is 0. The highest BCUT2D eigenvalue weighted by molar-refractivity contribution is 14.0. The van der Waals surface area contributed by atoms with Crippen molar-refractivity contribution >= 4 is 47.2 Å². The zero-order chi connectivity index (χ0) is 18.2. The van der Waals surface area contributed by atoms with Crippen LogP contribution in [-0.4, -0.2) is 73.0 Å². The lowest BCUT2D eigenvalue weighted by molar-refractivity contribution is -0.130. The van der Waals surface area contributed by atoms with E-state index in [1.807, 2.05) is 6.20 Å². The van der Waals surface area contributed by atoms with Crippen molar-refractivity contribution in [2.45, 2.75) is 39.3 Å². The Morgan fingerprint density at radius 1 is 1.42 bits per heavy atom. The predicted octanol–water partition coefficient (Wildman–Crippen LogP) is 1.68. The van der Waals surface area contributed by atoms with Crippen molar-refractivity contribution in [1.82, 2.24) is 25.4 Å². The van der Waals surface area contributed by atoms with Gasteiger partial charge in [0.1, 0.15) is 5.01 Å². The van der Waals surface area contributed by atoms with Crippen LogP contribution in [0.15, 0.2) is 11.2 Å². The van der Waals surface area contributed by atoms with Crippen molar-refractivity contribution in [2.75, 3.05) is 40.3 Å². The maximum atomic E-state index is 11.8. The molecule has 0 bridgehead atoms. The topological polar surface area (TPSA) is 72.9 Å². The van der Waals surface area contributed by atoms with E-state index in [0.717, 1.165) is 43.4 Å². The first-order valence-electron chi connectivity index (χ1n) is 8.86. The average molecular weight is 494 g/mol. The van der Waals surface area contributed by atoms with Crippen molar-refractivity contribution in [3.63, 3.8) is 0 Å². The minimum atomic E-state index is 0. The lowest BCUT2D eigenvalue weighted by Crippen LogP contribution is -2.50. The van der Waals surface area contributed by atoms with E-state index in [0.29, 0.717) is 19.1 Å². The summed E-state index contributed by atoms with van der Waals surface area (Å²) < 4.78 is 0. The Morgan fingerprint density at radius 2 is 2.12 bits per heavy atom. The van der Waals surface area contributed by atoms with Gasteiger partial charge in [0.15, 0.2) is 5.96 Å². The number of aryl methyl sites for hydroxylation is 1. The molecule has 1 aliphatic heterocycles. The Kier molecular flexibility index (Phi) is 10.4. The summed E-state index contributed by atoms with van der Waals surface area (Å²) in [5.74, 6) is 1.01. The molecule has 1 aromatic rings. The molecular formula is C17H31IN6OS. The number of nitrogens with one attached hydrogen (secondary N) is 2. The van der Waals surface area contributed by atoms with E-state index in [1.165, 1.54) is 4.88 Å². The van der Waals surface area contributed by atoms with Gasteiger partial charge in [0.2, 0.25) is 5.91 Å². The van der Waals surface area contributed by atoms with Gasteiger partial charge in [-0.25, -0.2) is 9.98 Å². The quantitative estimate of drug-likeness (QED) is 0.358. The average Bonchev–Trinajstić information content (AvgIpc) is 3.00. The summed E-state index contributed by atoms with van der Waals surface area (Å²) in [6.07, 6.45) is 3.92. The summed E-state index contributed by atoms with van der Waals surface area (Å²) >= 11 is 1.69. The number of piperidine rings is 1. The van der Waals surface area contributed by atoms with E-state index >= 15 is 0 Å². The van der Waals surface area contributed by atoms with Crippen LogP contribution in [0.3, 0.4) is 0 Å². The number of hydrogen-bond donors (Lipinski definition) is 2. The second-order valence-corrected chi connectivity index (χ2v) is 7.86. The molecule has 9 heteroatoms. The Hall–Kier alpha value is -0.940. The number of rotatable bonds is 6. The van der Waals surface area contributed by atoms with Crippen LogP contribution < -0.4 is 10.6 Å². The van der Waals surface area contributed by atoms with E-state index in [-0.39, 0.29) is 29.9 Å². The second-order valence-electron chi connectivity index (χ2n) is 6.54. The first-order chi connectivity index (χ1) is 12.0. The normalized spacial score (nSPS) is 16.1. The molecule has 1 fully saturated rings. The molecule has 2 N–H and O–H groups in total. The van der Waals surface area contributed by atoms with E-state index in [9.17, 15) is 4.79 Å². The third-order valence-electron chi connectivity index (χ3n) is 4.17. The number of thiazole rings is 1. The van der Waals surface area contributed by atoms with Crippen LogP contribution in [0.2, 0.25) is 0 Å². The Morgan fingerprint density at radius 3 is 2.65 bits per heavy atom. The smallest absolute Gasteiger partial charge is 0.236 e. The van der Waals surface area contributed by atoms with Gasteiger partial charge in [-0.1, -0.05) is 0 Å². The molecule has 7 nitrogen and oxygen atoms in total. The number of likely N-dealkylation sites (tertiary alicyclic amines) is 1. The molecule has 0 aromatic carbocycles. The molecule has 0 unspecified atom stereocenters. The first-order valence-corrected chi connectivity index (χ1v) is 9.68. The molecule has 1 aliphatic rings. The van der Waals surface area contributed by atoms with Crippen LogP contribution in [0.25, 0.3) is 0 Å². The van der Waals surface area contributed by atoms with Crippen LogP contribution in [0.5, 0.6) is 0 Å². The van der Waals surface area contributed by atoms with Gasteiger partial charge in [-0.2, -0.15) is 0 Å². The lowest BCUT2D eigenvalue weighted by Gasteiger charge is -2.33. The number of guanidine groups is 1. The number of amides is 1. The summed E-state index contributed by atoms with van der Waals surface area (Å²) in [5, 5.41) is 7.86. The highest BCUT2D eigenvalue weighted by Gasteiger charge is 2.22. The van der Waals surface area contributed by atoms with Crippen molar-refractivity contribution < 1.29 is 4.79 Å². The van der Waals surface area contributed by atoms with Gasteiger partial charge in [-0.15, -0.1) is 35.3 Å². The molecule has 2 heterocycles. The fraction of sp³-hybridized carbons (Fsp3) is 0.706. The molecule has 2 rings (SSSR count). The maximum absolute atomic E-state index is 11.8. The van der Waals surface area contributed by atoms with Gasteiger partial charge in [0.05, 0.1) is 13.1 Å². The van der Waals surface area contributed by atoms with Crippen LogP contribution in [-0.2, 0) is 11.3 Å². The van der Waals surface area contributed by atoms with E-state index in [4.69, 9.17) is 0 Å². The van der Waals surface area contributed by atoms with Crippen LogP contribution in [0.1, 0.15) is 29.7 Å². The fourth-order valence-electron chi connectivity index (χ4n) is 2.70. The fourth-order valence-corrected chi connectivity index (χ4v) is 3.41. The summed E-state index contributed by atoms with van der Waals surface area (Å²) in [7, 11) is 3.61. The molecule has 0 aliphatic carbocycles. The number of likely N-dealkylation sites (N-methyl/N-ethyl adjacent to an activating group) is 1. The maximum Gasteiger partial charge on any atom is 0.236 e. The van der Waals surface area contributed by atoms with Crippen molar-refractivity contribution in [2.24, 2.45) is 4.99 Å². The van der Waals surface area contributed by atoms with Gasteiger partial charge in [-0.05, 0) is 26.7 Å². The molecule has 1 saturated heterocycles. The van der Waals surface area contributed by atoms with Gasteiger partial charge >= 0.3 is 0 Å². The van der Waals surface area contributed by atoms with Gasteiger partial charge in [0.25, 0.3) is 0 Å². The van der Waals surface area contributed by atoms with Crippen molar-refractivity contribution in [3.8, 4) is 0 Å². The zero-order valence-electron chi connectivity index (χ0n) is 16.1. The molecule has 0 spiro atoms. The largest absolute Gasteiger partial charge is 0.357 e. The molecule has 1 aromatic heterocycles. The number of halogens is 1. The molecule has 148 valence electrons. The van der Waals surface area contributed by atoms with E-state index < -0.39 is 0 Å². The Balaban J connectivity index is 0.00000338. The van der Waals surface area contributed by atoms with Crippen LogP contribution in [0, 0.1) is 6.92 Å². The standard InChI is InChI=1S/C17H30N6OS.HI/c1-5-18-17(20-11-15-19-10-13(2)25-15)21-14-6-8-23(9-7-14)12-16(24)22(3)4;/h10,14H,5-9,11-12H2,1-4H3,(H2,18,20,21);1H. The molecule has 0 atom stereocenters. The van der Waals surface area contributed by atoms with Crippen LogP contribution >= 0.6 is 35.3 Å². The summed E-state index contributed by atoms with van der Waals surface area (Å²) in [4.78, 5) is 25.9. The summed E-state index contributed by atoms with van der Waals surface area (Å²) in [6.45, 7) is 7.94. The van der Waals surface area contributed by atoms with E-state index in [2.05, 4.69) is 39.4 Å².